The van der Waals surface area contributed by atoms with E-state index >= 15 is 0 Å². The van der Waals surface area contributed by atoms with Crippen molar-refractivity contribution in [3.8, 4) is 0 Å². The van der Waals surface area contributed by atoms with Gasteiger partial charge in [-0.15, -0.1) is 0 Å². The van der Waals surface area contributed by atoms with Gasteiger partial charge < -0.3 is 14.8 Å². The van der Waals surface area contributed by atoms with Gasteiger partial charge in [0.05, 0.1) is 13.2 Å². The summed E-state index contributed by atoms with van der Waals surface area (Å²) in [5, 5.41) is 3.37. The van der Waals surface area contributed by atoms with Gasteiger partial charge in [0.25, 0.3) is 0 Å². The van der Waals surface area contributed by atoms with Crippen molar-refractivity contribution in [2.75, 3.05) is 40.0 Å². The van der Waals surface area contributed by atoms with E-state index in [1.54, 1.807) is 13.2 Å². The number of hydrogen-bond donors (Lipinski definition) is 1. The summed E-state index contributed by atoms with van der Waals surface area (Å²) in [4.78, 5) is 0. The number of rotatable bonds is 7. The SMILES string of the molecule is COCCNCC1(Cc2ccc(F)c(F)c2)CCCOC1. The fourth-order valence-electron chi connectivity index (χ4n) is 2.86. The van der Waals surface area contributed by atoms with E-state index < -0.39 is 11.6 Å². The second-order valence-electron chi connectivity index (χ2n) is 5.75. The molecule has 1 aromatic rings. The Morgan fingerprint density at radius 3 is 2.86 bits per heavy atom. The van der Waals surface area contributed by atoms with Crippen LogP contribution in [-0.2, 0) is 15.9 Å². The summed E-state index contributed by atoms with van der Waals surface area (Å²) in [6.45, 7) is 3.64. The van der Waals surface area contributed by atoms with E-state index in [9.17, 15) is 8.78 Å². The summed E-state index contributed by atoms with van der Waals surface area (Å²) in [6, 6.07) is 4.14. The molecule has 0 spiro atoms. The quantitative estimate of drug-likeness (QED) is 0.785. The summed E-state index contributed by atoms with van der Waals surface area (Å²) in [5.74, 6) is -1.59. The van der Waals surface area contributed by atoms with E-state index in [-0.39, 0.29) is 5.41 Å². The Bertz CT molecular complexity index is 448. The Morgan fingerprint density at radius 1 is 1.33 bits per heavy atom. The fourth-order valence-corrected chi connectivity index (χ4v) is 2.86. The van der Waals surface area contributed by atoms with Gasteiger partial charge in [-0.05, 0) is 37.0 Å². The predicted molar refractivity (Wildman–Crippen MR) is 77.3 cm³/mol. The lowest BCUT2D eigenvalue weighted by molar-refractivity contribution is -0.00774. The topological polar surface area (TPSA) is 30.5 Å². The van der Waals surface area contributed by atoms with E-state index in [0.29, 0.717) is 19.6 Å². The lowest BCUT2D eigenvalue weighted by Gasteiger charge is -2.37. The Kier molecular flexibility index (Phi) is 6.08. The van der Waals surface area contributed by atoms with Gasteiger partial charge >= 0.3 is 0 Å². The molecule has 1 heterocycles. The summed E-state index contributed by atoms with van der Waals surface area (Å²) >= 11 is 0. The minimum absolute atomic E-state index is 0.0593. The van der Waals surface area contributed by atoms with Gasteiger partial charge in [0.15, 0.2) is 11.6 Å². The predicted octanol–water partition coefficient (Wildman–Crippen LogP) is 2.54. The van der Waals surface area contributed by atoms with Crippen LogP contribution in [0.4, 0.5) is 8.78 Å². The third-order valence-corrected chi connectivity index (χ3v) is 3.95. The highest BCUT2D eigenvalue weighted by Crippen LogP contribution is 2.32. The third kappa shape index (κ3) is 4.73. The van der Waals surface area contributed by atoms with Crippen LogP contribution in [0.1, 0.15) is 18.4 Å². The van der Waals surface area contributed by atoms with Gasteiger partial charge in [-0.3, -0.25) is 0 Å². The first kappa shape index (κ1) is 16.3. The smallest absolute Gasteiger partial charge is 0.159 e. The van der Waals surface area contributed by atoms with Crippen LogP contribution in [0.15, 0.2) is 18.2 Å². The highest BCUT2D eigenvalue weighted by atomic mass is 19.2. The molecule has 0 aromatic heterocycles. The van der Waals surface area contributed by atoms with Crippen molar-refractivity contribution >= 4 is 0 Å². The van der Waals surface area contributed by atoms with Gasteiger partial charge in [0, 0.05) is 32.2 Å². The van der Waals surface area contributed by atoms with Gasteiger partial charge in [0.1, 0.15) is 0 Å². The van der Waals surface area contributed by atoms with Crippen LogP contribution in [0, 0.1) is 17.0 Å². The number of hydrogen-bond acceptors (Lipinski definition) is 3. The highest BCUT2D eigenvalue weighted by Gasteiger charge is 2.33. The van der Waals surface area contributed by atoms with Gasteiger partial charge in [-0.1, -0.05) is 6.07 Å². The summed E-state index contributed by atoms with van der Waals surface area (Å²) < 4.78 is 37.1. The zero-order chi connectivity index (χ0) is 15.1. The van der Waals surface area contributed by atoms with Crippen molar-refractivity contribution in [1.29, 1.82) is 0 Å². The minimum atomic E-state index is -0.800. The van der Waals surface area contributed by atoms with E-state index in [4.69, 9.17) is 9.47 Å². The lowest BCUT2D eigenvalue weighted by atomic mass is 9.77. The zero-order valence-corrected chi connectivity index (χ0v) is 12.5. The Labute approximate surface area is 124 Å². The summed E-state index contributed by atoms with van der Waals surface area (Å²) in [5.41, 5.74) is 0.754. The van der Waals surface area contributed by atoms with E-state index in [1.165, 1.54) is 12.1 Å². The van der Waals surface area contributed by atoms with Crippen molar-refractivity contribution in [1.82, 2.24) is 5.32 Å². The molecule has 1 aromatic carbocycles. The van der Waals surface area contributed by atoms with E-state index in [0.717, 1.165) is 38.1 Å². The maximum atomic E-state index is 13.4. The van der Waals surface area contributed by atoms with E-state index in [2.05, 4.69) is 5.32 Å². The molecule has 1 aliphatic rings. The second-order valence-corrected chi connectivity index (χ2v) is 5.75. The van der Waals surface area contributed by atoms with Crippen molar-refractivity contribution in [2.24, 2.45) is 5.41 Å². The van der Waals surface area contributed by atoms with E-state index in [1.807, 2.05) is 0 Å². The second kappa shape index (κ2) is 7.82. The van der Waals surface area contributed by atoms with Crippen molar-refractivity contribution < 1.29 is 18.3 Å². The average molecular weight is 299 g/mol. The standard InChI is InChI=1S/C16H23F2NO2/c1-20-8-6-19-11-16(5-2-7-21-12-16)10-13-3-4-14(17)15(18)9-13/h3-4,9,19H,2,5-8,10-12H2,1H3. The first-order chi connectivity index (χ1) is 10.2. The molecule has 1 aliphatic heterocycles. The van der Waals surface area contributed by atoms with Crippen LogP contribution in [0.25, 0.3) is 0 Å². The minimum Gasteiger partial charge on any atom is -0.383 e. The molecule has 118 valence electrons. The number of nitrogens with one attached hydrogen (secondary N) is 1. The Hall–Kier alpha value is -1.04. The third-order valence-electron chi connectivity index (χ3n) is 3.95. The first-order valence-corrected chi connectivity index (χ1v) is 7.37. The number of halogens is 2. The van der Waals surface area contributed by atoms with Crippen LogP contribution in [-0.4, -0.2) is 40.0 Å². The molecule has 0 radical (unpaired) electrons. The number of ether oxygens (including phenoxy) is 2. The molecule has 21 heavy (non-hydrogen) atoms. The fraction of sp³-hybridized carbons (Fsp3) is 0.625. The van der Waals surface area contributed by atoms with Gasteiger partial charge in [-0.25, -0.2) is 8.78 Å². The van der Waals surface area contributed by atoms with Crippen LogP contribution in [0.2, 0.25) is 0 Å². The Balaban J connectivity index is 2.02. The van der Waals surface area contributed by atoms with Gasteiger partial charge in [-0.2, -0.15) is 0 Å². The molecular weight excluding hydrogens is 276 g/mol. The molecule has 1 atom stereocenters. The molecule has 5 heteroatoms. The maximum Gasteiger partial charge on any atom is 0.159 e. The molecule has 1 N–H and O–H groups in total. The summed E-state index contributed by atoms with van der Waals surface area (Å²) in [6.07, 6.45) is 2.70. The van der Waals surface area contributed by atoms with Gasteiger partial charge in [0.2, 0.25) is 0 Å². The monoisotopic (exact) mass is 299 g/mol. The molecular formula is C16H23F2NO2. The molecule has 0 aliphatic carbocycles. The van der Waals surface area contributed by atoms with Crippen LogP contribution in [0.3, 0.4) is 0 Å². The average Bonchev–Trinajstić information content (AvgIpc) is 2.49. The van der Waals surface area contributed by atoms with Crippen molar-refractivity contribution in [3.63, 3.8) is 0 Å². The molecule has 0 amide bonds. The number of benzene rings is 1. The van der Waals surface area contributed by atoms with Crippen molar-refractivity contribution in [3.05, 3.63) is 35.4 Å². The summed E-state index contributed by atoms with van der Waals surface area (Å²) in [7, 11) is 1.67. The van der Waals surface area contributed by atoms with Crippen LogP contribution in [0.5, 0.6) is 0 Å². The number of methoxy groups -OCH3 is 1. The molecule has 0 saturated carbocycles. The molecule has 1 unspecified atom stereocenters. The molecule has 0 bridgehead atoms. The normalized spacial score (nSPS) is 22.4. The van der Waals surface area contributed by atoms with Crippen LogP contribution < -0.4 is 5.32 Å². The van der Waals surface area contributed by atoms with Crippen molar-refractivity contribution in [2.45, 2.75) is 19.3 Å². The van der Waals surface area contributed by atoms with Crippen LogP contribution >= 0.6 is 0 Å². The highest BCUT2D eigenvalue weighted by molar-refractivity contribution is 5.19. The Morgan fingerprint density at radius 2 is 2.19 bits per heavy atom. The zero-order valence-electron chi connectivity index (χ0n) is 12.5. The molecule has 1 saturated heterocycles. The molecule has 3 nitrogen and oxygen atoms in total. The largest absolute Gasteiger partial charge is 0.383 e. The lowest BCUT2D eigenvalue weighted by Crippen LogP contribution is -2.43. The molecule has 2 rings (SSSR count). The maximum absolute atomic E-state index is 13.4. The molecule has 1 fully saturated rings. The first-order valence-electron chi connectivity index (χ1n) is 7.37.